The molecule has 2 aromatic rings. The molecule has 1 aliphatic heterocycles. The van der Waals surface area contributed by atoms with Gasteiger partial charge in [0.2, 0.25) is 11.8 Å². The van der Waals surface area contributed by atoms with Gasteiger partial charge in [-0.3, -0.25) is 4.79 Å². The highest BCUT2D eigenvalue weighted by Crippen LogP contribution is 2.19. The number of carbonyl (C=O) groups excluding carboxylic acids is 1. The summed E-state index contributed by atoms with van der Waals surface area (Å²) in [5.41, 5.74) is 0.835. The average molecular weight is 474 g/mol. The summed E-state index contributed by atoms with van der Waals surface area (Å²) in [5.74, 6) is -1.79. The lowest BCUT2D eigenvalue weighted by Gasteiger charge is -2.28. The summed E-state index contributed by atoms with van der Waals surface area (Å²) >= 11 is 1.89. The molecule has 8 heteroatoms. The lowest BCUT2D eigenvalue weighted by molar-refractivity contribution is -0.130. The molecule has 0 aliphatic carbocycles. The van der Waals surface area contributed by atoms with Crippen molar-refractivity contribution in [3.63, 3.8) is 0 Å². The molecule has 2 aromatic carbocycles. The van der Waals surface area contributed by atoms with Gasteiger partial charge in [-0.25, -0.2) is 18.2 Å². The maximum absolute atomic E-state index is 13.6. The molecular weight excluding hydrogens is 460 g/mol. The second-order valence-corrected chi connectivity index (χ2v) is 6.94. The minimum atomic E-state index is -0.717. The number of amides is 1. The van der Waals surface area contributed by atoms with Crippen LogP contribution in [0.5, 0.6) is 0 Å². The lowest BCUT2D eigenvalue weighted by atomic mass is 10.2. The Hall–Kier alpha value is -2.10. The van der Waals surface area contributed by atoms with Gasteiger partial charge < -0.3 is 9.64 Å². The van der Waals surface area contributed by atoms with Crippen LogP contribution in [-0.4, -0.2) is 27.3 Å². The van der Waals surface area contributed by atoms with Crippen molar-refractivity contribution in [3.05, 3.63) is 71.0 Å². The first-order valence-corrected chi connectivity index (χ1v) is 8.97. The summed E-state index contributed by atoms with van der Waals surface area (Å²) in [6.07, 6.45) is 0. The average Bonchev–Trinajstić information content (AvgIpc) is 2.60. The van der Waals surface area contributed by atoms with Crippen LogP contribution in [0.3, 0.4) is 0 Å². The fourth-order valence-corrected chi connectivity index (χ4v) is 3.23. The molecule has 0 saturated carbocycles. The number of carbonyl (C=O) groups is 1. The van der Waals surface area contributed by atoms with Crippen molar-refractivity contribution >= 4 is 34.4 Å². The van der Waals surface area contributed by atoms with Gasteiger partial charge in [0, 0.05) is 18.2 Å². The van der Waals surface area contributed by atoms with Crippen molar-refractivity contribution in [3.8, 4) is 0 Å². The first kappa shape index (κ1) is 18.7. The van der Waals surface area contributed by atoms with Crippen molar-refractivity contribution in [2.45, 2.75) is 17.1 Å². The first-order valence-electron chi connectivity index (χ1n) is 7.72. The molecule has 136 valence electrons. The van der Waals surface area contributed by atoms with E-state index in [-0.39, 0.29) is 43.0 Å². The zero-order valence-corrected chi connectivity index (χ0v) is 15.6. The summed E-state index contributed by atoms with van der Waals surface area (Å²) in [4.78, 5) is 18.2. The third-order valence-electron chi connectivity index (χ3n) is 3.80. The van der Waals surface area contributed by atoms with E-state index < -0.39 is 15.6 Å². The minimum Gasteiger partial charge on any atom is -0.475 e. The van der Waals surface area contributed by atoms with Crippen molar-refractivity contribution in [1.29, 1.82) is 0 Å². The van der Waals surface area contributed by atoms with E-state index in [9.17, 15) is 18.0 Å². The summed E-state index contributed by atoms with van der Waals surface area (Å²) in [6.45, 7) is 0.150. The topological polar surface area (TPSA) is 41.9 Å². The third kappa shape index (κ3) is 4.35. The second kappa shape index (κ2) is 8.07. The zero-order chi connectivity index (χ0) is 18.7. The summed E-state index contributed by atoms with van der Waals surface area (Å²) in [7, 11) is 0. The van der Waals surface area contributed by atoms with E-state index in [2.05, 4.69) is 4.99 Å². The number of nitrogens with zero attached hydrogens (tertiary/aromatic N) is 2. The van der Waals surface area contributed by atoms with Gasteiger partial charge in [0.05, 0.1) is 0 Å². The Morgan fingerprint density at radius 3 is 2.65 bits per heavy atom. The molecule has 1 aliphatic rings. The van der Waals surface area contributed by atoms with Crippen LogP contribution in [0.25, 0.3) is 0 Å². The minimum absolute atomic E-state index is 0.0656. The molecule has 0 fully saturated rings. The SMILES string of the molecule is O=C1C(I)C(OCc2ccc(F)cc2F)=NCN1Cc1cccc(F)c1. The molecule has 1 heterocycles. The van der Waals surface area contributed by atoms with E-state index in [1.807, 2.05) is 22.6 Å². The smallest absolute Gasteiger partial charge is 0.246 e. The van der Waals surface area contributed by atoms with Gasteiger partial charge in [-0.05, 0) is 29.8 Å². The van der Waals surface area contributed by atoms with E-state index in [4.69, 9.17) is 4.74 Å². The second-order valence-electron chi connectivity index (χ2n) is 5.69. The molecule has 0 saturated heterocycles. The van der Waals surface area contributed by atoms with Crippen LogP contribution in [0, 0.1) is 17.5 Å². The first-order chi connectivity index (χ1) is 12.4. The lowest BCUT2D eigenvalue weighted by Crippen LogP contribution is -2.44. The fourth-order valence-electron chi connectivity index (χ4n) is 2.46. The predicted molar refractivity (Wildman–Crippen MR) is 98.2 cm³/mol. The Morgan fingerprint density at radius 2 is 1.92 bits per heavy atom. The molecular formula is C18H14F3IN2O2. The van der Waals surface area contributed by atoms with Gasteiger partial charge in [0.1, 0.15) is 30.7 Å². The van der Waals surface area contributed by atoms with Crippen LogP contribution in [0.2, 0.25) is 0 Å². The molecule has 3 rings (SSSR count). The molecule has 0 bridgehead atoms. The largest absolute Gasteiger partial charge is 0.475 e. The molecule has 1 atom stereocenters. The molecule has 0 N–H and O–H groups in total. The van der Waals surface area contributed by atoms with E-state index >= 15 is 0 Å². The van der Waals surface area contributed by atoms with Crippen LogP contribution in [-0.2, 0) is 22.7 Å². The number of hydrogen-bond acceptors (Lipinski definition) is 3. The Kier molecular flexibility index (Phi) is 5.80. The van der Waals surface area contributed by atoms with Crippen molar-refractivity contribution in [1.82, 2.24) is 4.90 Å². The van der Waals surface area contributed by atoms with Gasteiger partial charge in [0.15, 0.2) is 3.92 Å². The van der Waals surface area contributed by atoms with E-state index in [1.54, 1.807) is 12.1 Å². The highest BCUT2D eigenvalue weighted by molar-refractivity contribution is 14.1. The van der Waals surface area contributed by atoms with Crippen molar-refractivity contribution < 1.29 is 22.7 Å². The standard InChI is InChI=1S/C18H14F3IN2O2/c19-13-3-1-2-11(6-13)8-24-10-23-17(16(22)18(24)25)26-9-12-4-5-14(20)7-15(12)21/h1-7,16H,8-10H2. The van der Waals surface area contributed by atoms with Gasteiger partial charge in [-0.1, -0.05) is 34.7 Å². The number of rotatable bonds is 4. The van der Waals surface area contributed by atoms with Gasteiger partial charge in [0.25, 0.3) is 0 Å². The monoisotopic (exact) mass is 474 g/mol. The Labute approximate surface area is 161 Å². The van der Waals surface area contributed by atoms with Crippen LogP contribution in [0.1, 0.15) is 11.1 Å². The summed E-state index contributed by atoms with van der Waals surface area (Å²) in [6, 6.07) is 9.20. The maximum Gasteiger partial charge on any atom is 0.246 e. The van der Waals surface area contributed by atoms with Crippen LogP contribution in [0.4, 0.5) is 13.2 Å². The zero-order valence-electron chi connectivity index (χ0n) is 13.5. The molecule has 0 radical (unpaired) electrons. The molecule has 1 unspecified atom stereocenters. The molecule has 0 spiro atoms. The van der Waals surface area contributed by atoms with Crippen molar-refractivity contribution in [2.24, 2.45) is 4.99 Å². The van der Waals surface area contributed by atoms with Gasteiger partial charge in [-0.15, -0.1) is 0 Å². The number of hydrogen-bond donors (Lipinski definition) is 0. The normalized spacial score (nSPS) is 17.2. The maximum atomic E-state index is 13.6. The highest BCUT2D eigenvalue weighted by atomic mass is 127. The number of alkyl halides is 1. The van der Waals surface area contributed by atoms with E-state index in [1.165, 1.54) is 23.1 Å². The number of ether oxygens (including phenoxy) is 1. The highest BCUT2D eigenvalue weighted by Gasteiger charge is 2.32. The molecule has 26 heavy (non-hydrogen) atoms. The predicted octanol–water partition coefficient (Wildman–Crippen LogP) is 3.82. The molecule has 4 nitrogen and oxygen atoms in total. The summed E-state index contributed by atoms with van der Waals surface area (Å²) < 4.78 is 44.6. The Morgan fingerprint density at radius 1 is 1.15 bits per heavy atom. The van der Waals surface area contributed by atoms with Gasteiger partial charge in [-0.2, -0.15) is 0 Å². The number of aliphatic imine (C=N–C) groups is 1. The van der Waals surface area contributed by atoms with Crippen LogP contribution < -0.4 is 0 Å². The van der Waals surface area contributed by atoms with E-state index in [0.29, 0.717) is 5.56 Å². The Balaban J connectivity index is 1.65. The Bertz CT molecular complexity index is 860. The van der Waals surface area contributed by atoms with Gasteiger partial charge >= 0.3 is 0 Å². The third-order valence-corrected chi connectivity index (χ3v) is 4.86. The van der Waals surface area contributed by atoms with E-state index in [0.717, 1.165) is 12.1 Å². The quantitative estimate of drug-likeness (QED) is 0.500. The van der Waals surface area contributed by atoms with Crippen LogP contribution in [0.15, 0.2) is 47.5 Å². The fraction of sp³-hybridized carbons (Fsp3) is 0.222. The molecule has 0 aromatic heterocycles. The number of halogens is 4. The summed E-state index contributed by atoms with van der Waals surface area (Å²) in [5, 5.41) is 0. The number of benzene rings is 2. The molecule has 1 amide bonds. The van der Waals surface area contributed by atoms with Crippen molar-refractivity contribution in [2.75, 3.05) is 6.67 Å². The van der Waals surface area contributed by atoms with Crippen LogP contribution >= 0.6 is 22.6 Å².